The van der Waals surface area contributed by atoms with Crippen molar-refractivity contribution in [3.05, 3.63) is 33.8 Å². The van der Waals surface area contributed by atoms with Gasteiger partial charge in [0, 0.05) is 37.8 Å². The molecule has 1 fully saturated rings. The second-order valence-corrected chi connectivity index (χ2v) is 5.73. The van der Waals surface area contributed by atoms with Gasteiger partial charge in [-0.1, -0.05) is 0 Å². The lowest BCUT2D eigenvalue weighted by atomic mass is 9.99. The van der Waals surface area contributed by atoms with Crippen LogP contribution in [0.15, 0.2) is 16.6 Å². The minimum Gasteiger partial charge on any atom is -0.314 e. The largest absolute Gasteiger partial charge is 0.390 e. The van der Waals surface area contributed by atoms with E-state index in [1.165, 1.54) is 4.90 Å². The normalized spacial score (nSPS) is 18.8. The van der Waals surface area contributed by atoms with Gasteiger partial charge in [0.1, 0.15) is 11.6 Å². The third-order valence-electron chi connectivity index (χ3n) is 3.43. The highest BCUT2D eigenvalue weighted by Gasteiger charge is 2.38. The van der Waals surface area contributed by atoms with E-state index >= 15 is 0 Å². The molecule has 0 unspecified atom stereocenters. The topological polar surface area (TPSA) is 15.3 Å². The molecule has 1 heterocycles. The zero-order valence-electron chi connectivity index (χ0n) is 11.0. The van der Waals surface area contributed by atoms with Crippen LogP contribution in [0.3, 0.4) is 0 Å². The molecule has 0 spiro atoms. The molecule has 1 saturated heterocycles. The van der Waals surface area contributed by atoms with Crippen LogP contribution < -0.4 is 5.32 Å². The van der Waals surface area contributed by atoms with E-state index in [0.717, 1.165) is 12.1 Å². The summed E-state index contributed by atoms with van der Waals surface area (Å²) in [5.74, 6) is -1.92. The summed E-state index contributed by atoms with van der Waals surface area (Å²) in [7, 11) is 0. The number of rotatable bonds is 3. The SMILES string of the molecule is Fc1ccc(Br)c(F)c1[C@@H](CC(F)(F)F)N1CCNCC1. The van der Waals surface area contributed by atoms with Gasteiger partial charge < -0.3 is 5.32 Å². The summed E-state index contributed by atoms with van der Waals surface area (Å²) in [5, 5.41) is 3.00. The second kappa shape index (κ2) is 6.58. The number of hydrogen-bond donors (Lipinski definition) is 1. The Hall–Kier alpha value is -0.730. The van der Waals surface area contributed by atoms with Crippen LogP contribution in [0.4, 0.5) is 22.0 Å². The molecule has 0 amide bonds. The van der Waals surface area contributed by atoms with Crippen LogP contribution in [-0.4, -0.2) is 37.3 Å². The average molecular weight is 373 g/mol. The molecule has 1 aliphatic heterocycles. The zero-order valence-corrected chi connectivity index (χ0v) is 12.6. The molecule has 0 radical (unpaired) electrons. The quantitative estimate of drug-likeness (QED) is 0.643. The first-order valence-corrected chi connectivity index (χ1v) is 7.24. The van der Waals surface area contributed by atoms with Crippen molar-refractivity contribution in [1.82, 2.24) is 10.2 Å². The lowest BCUT2D eigenvalue weighted by Crippen LogP contribution is -2.46. The number of hydrogen-bond acceptors (Lipinski definition) is 2. The van der Waals surface area contributed by atoms with Crippen molar-refractivity contribution < 1.29 is 22.0 Å². The van der Waals surface area contributed by atoms with Crippen LogP contribution in [0.2, 0.25) is 0 Å². The van der Waals surface area contributed by atoms with Crippen molar-refractivity contribution in [1.29, 1.82) is 0 Å². The fraction of sp³-hybridized carbons (Fsp3) is 0.538. The second-order valence-electron chi connectivity index (χ2n) is 4.88. The van der Waals surface area contributed by atoms with Crippen LogP contribution in [0, 0.1) is 11.6 Å². The molecular formula is C13H14BrF5N2. The van der Waals surface area contributed by atoms with Crippen LogP contribution >= 0.6 is 15.9 Å². The highest BCUT2D eigenvalue weighted by Crippen LogP contribution is 2.37. The highest BCUT2D eigenvalue weighted by atomic mass is 79.9. The number of nitrogens with one attached hydrogen (secondary N) is 1. The molecule has 1 aliphatic rings. The van der Waals surface area contributed by atoms with Crippen LogP contribution in [0.5, 0.6) is 0 Å². The van der Waals surface area contributed by atoms with Crippen LogP contribution in [0.1, 0.15) is 18.0 Å². The van der Waals surface area contributed by atoms with E-state index in [1.807, 2.05) is 0 Å². The van der Waals surface area contributed by atoms with Crippen LogP contribution in [-0.2, 0) is 0 Å². The van der Waals surface area contributed by atoms with Gasteiger partial charge in [-0.05, 0) is 28.1 Å². The Morgan fingerprint density at radius 3 is 2.38 bits per heavy atom. The van der Waals surface area contributed by atoms with Crippen LogP contribution in [0.25, 0.3) is 0 Å². The summed E-state index contributed by atoms with van der Waals surface area (Å²) in [5.41, 5.74) is -0.524. The Morgan fingerprint density at radius 2 is 1.81 bits per heavy atom. The molecule has 0 saturated carbocycles. The van der Waals surface area contributed by atoms with E-state index in [2.05, 4.69) is 21.2 Å². The highest BCUT2D eigenvalue weighted by molar-refractivity contribution is 9.10. The standard InChI is InChI=1S/C13H14BrF5N2/c14-8-1-2-9(15)11(12(8)16)10(7-13(17,18)19)21-5-3-20-4-6-21/h1-2,10,20H,3-7H2/t10-/m1/s1. The molecule has 0 bridgehead atoms. The van der Waals surface area contributed by atoms with Crippen molar-refractivity contribution >= 4 is 15.9 Å². The van der Waals surface area contributed by atoms with Gasteiger partial charge in [0.2, 0.25) is 0 Å². The van der Waals surface area contributed by atoms with E-state index in [4.69, 9.17) is 0 Å². The Morgan fingerprint density at radius 1 is 1.19 bits per heavy atom. The fourth-order valence-corrected chi connectivity index (χ4v) is 2.82. The summed E-state index contributed by atoms with van der Waals surface area (Å²) in [4.78, 5) is 1.47. The third-order valence-corrected chi connectivity index (χ3v) is 4.04. The number of benzene rings is 1. The molecule has 118 valence electrons. The Labute approximate surface area is 127 Å². The molecule has 0 aromatic heterocycles. The van der Waals surface area contributed by atoms with Crippen molar-refractivity contribution in [2.24, 2.45) is 0 Å². The van der Waals surface area contributed by atoms with Gasteiger partial charge in [-0.15, -0.1) is 0 Å². The molecule has 2 rings (SSSR count). The smallest absolute Gasteiger partial charge is 0.314 e. The third kappa shape index (κ3) is 4.14. The fourth-order valence-electron chi connectivity index (χ4n) is 2.47. The number of halogens is 6. The van der Waals surface area contributed by atoms with Gasteiger partial charge in [-0.3, -0.25) is 4.90 Å². The molecule has 1 atom stereocenters. The molecule has 21 heavy (non-hydrogen) atoms. The average Bonchev–Trinajstić information content (AvgIpc) is 2.42. The molecule has 1 N–H and O–H groups in total. The summed E-state index contributed by atoms with van der Waals surface area (Å²) in [6.45, 7) is 1.61. The van der Waals surface area contributed by atoms with Crippen molar-refractivity contribution in [2.75, 3.05) is 26.2 Å². The minimum absolute atomic E-state index is 0.0405. The van der Waals surface area contributed by atoms with Gasteiger partial charge in [0.25, 0.3) is 0 Å². The van der Waals surface area contributed by atoms with E-state index in [-0.39, 0.29) is 4.47 Å². The van der Waals surface area contributed by atoms with Gasteiger partial charge in [-0.25, -0.2) is 8.78 Å². The molecule has 0 aliphatic carbocycles. The van der Waals surface area contributed by atoms with Gasteiger partial charge in [-0.2, -0.15) is 13.2 Å². The maximum atomic E-state index is 14.1. The lowest BCUT2D eigenvalue weighted by Gasteiger charge is -2.36. The van der Waals surface area contributed by atoms with E-state index < -0.39 is 35.8 Å². The van der Waals surface area contributed by atoms with Crippen molar-refractivity contribution in [2.45, 2.75) is 18.6 Å². The molecule has 1 aromatic carbocycles. The number of piperazine rings is 1. The summed E-state index contributed by atoms with van der Waals surface area (Å²) in [6, 6.07) is 0.773. The van der Waals surface area contributed by atoms with E-state index in [0.29, 0.717) is 26.2 Å². The molecule has 8 heteroatoms. The van der Waals surface area contributed by atoms with Crippen molar-refractivity contribution in [3.63, 3.8) is 0 Å². The first kappa shape index (κ1) is 16.6. The Kier molecular flexibility index (Phi) is 5.21. The Bertz CT molecular complexity index is 500. The van der Waals surface area contributed by atoms with E-state index in [1.54, 1.807) is 0 Å². The van der Waals surface area contributed by atoms with Gasteiger partial charge >= 0.3 is 6.18 Å². The zero-order chi connectivity index (χ0) is 15.6. The summed E-state index contributed by atoms with van der Waals surface area (Å²) < 4.78 is 66.5. The monoisotopic (exact) mass is 372 g/mol. The first-order valence-electron chi connectivity index (χ1n) is 6.44. The van der Waals surface area contributed by atoms with Crippen molar-refractivity contribution in [3.8, 4) is 0 Å². The predicted octanol–water partition coefficient (Wildman–Crippen LogP) is 3.63. The Balaban J connectivity index is 2.41. The maximum absolute atomic E-state index is 14.1. The molecule has 2 nitrogen and oxygen atoms in total. The minimum atomic E-state index is -4.50. The summed E-state index contributed by atoms with van der Waals surface area (Å²) in [6.07, 6.45) is -5.78. The first-order chi connectivity index (χ1) is 9.79. The van der Waals surface area contributed by atoms with E-state index in [9.17, 15) is 22.0 Å². The van der Waals surface area contributed by atoms with Gasteiger partial charge in [0.05, 0.1) is 10.9 Å². The number of alkyl halides is 3. The predicted molar refractivity (Wildman–Crippen MR) is 71.9 cm³/mol. The maximum Gasteiger partial charge on any atom is 0.390 e. The lowest BCUT2D eigenvalue weighted by molar-refractivity contribution is -0.149. The molecule has 1 aromatic rings. The molecular weight excluding hydrogens is 359 g/mol. The summed E-state index contributed by atoms with van der Waals surface area (Å²) >= 11 is 2.90. The van der Waals surface area contributed by atoms with Gasteiger partial charge in [0.15, 0.2) is 0 Å². The number of nitrogens with zero attached hydrogens (tertiary/aromatic N) is 1.